The zero-order chi connectivity index (χ0) is 17.3. The molecule has 1 aliphatic rings. The summed E-state index contributed by atoms with van der Waals surface area (Å²) in [6.07, 6.45) is 1.45. The highest BCUT2D eigenvalue weighted by Crippen LogP contribution is 2.37. The highest BCUT2D eigenvalue weighted by molar-refractivity contribution is 6.30. The second kappa shape index (κ2) is 6.16. The molecule has 0 bridgehead atoms. The summed E-state index contributed by atoms with van der Waals surface area (Å²) in [5.74, 6) is 0.108. The topological polar surface area (TPSA) is 74.2 Å². The van der Waals surface area contributed by atoms with Gasteiger partial charge in [-0.3, -0.25) is 9.59 Å². The number of ether oxygens (including phenoxy) is 2. The second-order valence-electron chi connectivity index (χ2n) is 5.10. The van der Waals surface area contributed by atoms with Crippen LogP contribution in [0.4, 0.5) is 0 Å². The summed E-state index contributed by atoms with van der Waals surface area (Å²) in [5, 5.41) is 3.69. The Morgan fingerprint density at radius 3 is 2.25 bits per heavy atom. The maximum atomic E-state index is 13.0. The number of benzene rings is 2. The van der Waals surface area contributed by atoms with E-state index in [0.717, 1.165) is 0 Å². The van der Waals surface area contributed by atoms with E-state index in [-0.39, 0.29) is 28.3 Å². The Labute approximate surface area is 138 Å². The van der Waals surface area contributed by atoms with Crippen molar-refractivity contribution in [3.8, 4) is 11.5 Å². The van der Waals surface area contributed by atoms with Gasteiger partial charge in [-0.1, -0.05) is 17.3 Å². The lowest BCUT2D eigenvalue weighted by Gasteiger charge is -2.21. The number of carbonyl (C=O) groups excluding carboxylic acids is 2. The van der Waals surface area contributed by atoms with Crippen LogP contribution in [-0.2, 0) is 4.84 Å². The normalized spacial score (nSPS) is 12.8. The molecule has 0 saturated heterocycles. The molecular weight excluding hydrogens is 310 g/mol. The van der Waals surface area contributed by atoms with Crippen molar-refractivity contribution in [1.82, 2.24) is 0 Å². The predicted molar refractivity (Wildman–Crippen MR) is 87.5 cm³/mol. The van der Waals surface area contributed by atoms with Gasteiger partial charge in [-0.05, 0) is 18.2 Å². The maximum Gasteiger partial charge on any atom is 0.201 e. The molecule has 0 fully saturated rings. The molecule has 0 atom stereocenters. The van der Waals surface area contributed by atoms with E-state index < -0.39 is 0 Å². The van der Waals surface area contributed by atoms with E-state index in [0.29, 0.717) is 22.6 Å². The largest absolute Gasteiger partial charge is 0.496 e. The first-order valence-corrected chi connectivity index (χ1v) is 7.17. The summed E-state index contributed by atoms with van der Waals surface area (Å²) in [4.78, 5) is 30.5. The minimum absolute atomic E-state index is 0.231. The van der Waals surface area contributed by atoms with Gasteiger partial charge in [-0.15, -0.1) is 0 Å². The van der Waals surface area contributed by atoms with E-state index in [1.165, 1.54) is 27.5 Å². The number of oxime groups is 1. The van der Waals surface area contributed by atoms with E-state index in [1.54, 1.807) is 30.3 Å². The molecule has 0 spiro atoms. The number of ketones is 2. The van der Waals surface area contributed by atoms with Crippen molar-refractivity contribution >= 4 is 17.8 Å². The van der Waals surface area contributed by atoms with Crippen LogP contribution >= 0.6 is 0 Å². The standard InChI is InChI=1S/C18H15NO5/c1-22-13-6-4-5-11-15(13)18(21)16-12(17(11)20)7-10(9-19-24-3)8-14(16)23-2/h4-9H,1-3H3/b19-9+. The first-order valence-electron chi connectivity index (χ1n) is 7.17. The van der Waals surface area contributed by atoms with Crippen LogP contribution < -0.4 is 9.47 Å². The van der Waals surface area contributed by atoms with Gasteiger partial charge in [0.05, 0.1) is 31.6 Å². The number of hydrogen-bond donors (Lipinski definition) is 0. The Kier molecular flexibility index (Phi) is 4.04. The fourth-order valence-corrected chi connectivity index (χ4v) is 2.79. The highest BCUT2D eigenvalue weighted by Gasteiger charge is 2.35. The minimum atomic E-state index is -0.302. The first-order chi connectivity index (χ1) is 11.6. The van der Waals surface area contributed by atoms with Gasteiger partial charge in [-0.2, -0.15) is 0 Å². The third-order valence-electron chi connectivity index (χ3n) is 3.84. The van der Waals surface area contributed by atoms with Crippen molar-refractivity contribution in [1.29, 1.82) is 0 Å². The van der Waals surface area contributed by atoms with Gasteiger partial charge >= 0.3 is 0 Å². The zero-order valence-electron chi connectivity index (χ0n) is 13.5. The molecule has 0 aliphatic heterocycles. The van der Waals surface area contributed by atoms with E-state index >= 15 is 0 Å². The van der Waals surface area contributed by atoms with Gasteiger partial charge in [-0.25, -0.2) is 0 Å². The molecule has 0 aromatic heterocycles. The lowest BCUT2D eigenvalue weighted by Crippen LogP contribution is -2.23. The Morgan fingerprint density at radius 2 is 1.58 bits per heavy atom. The molecule has 0 amide bonds. The van der Waals surface area contributed by atoms with Crippen LogP contribution in [0, 0.1) is 0 Å². The first kappa shape index (κ1) is 15.7. The van der Waals surface area contributed by atoms with E-state index in [4.69, 9.17) is 9.47 Å². The molecule has 0 radical (unpaired) electrons. The van der Waals surface area contributed by atoms with Gasteiger partial charge in [0, 0.05) is 16.7 Å². The van der Waals surface area contributed by atoms with Crippen LogP contribution in [0.1, 0.15) is 37.4 Å². The summed E-state index contributed by atoms with van der Waals surface area (Å²) < 4.78 is 10.6. The molecular formula is C18H15NO5. The number of rotatable bonds is 4. The monoisotopic (exact) mass is 325 g/mol. The Hall–Kier alpha value is -3.15. The Balaban J connectivity index is 2.27. The summed E-state index contributed by atoms with van der Waals surface area (Å²) in [7, 11) is 4.33. The van der Waals surface area contributed by atoms with Crippen molar-refractivity contribution in [2.24, 2.45) is 5.16 Å². The quantitative estimate of drug-likeness (QED) is 0.544. The lowest BCUT2D eigenvalue weighted by molar-refractivity contribution is 0.0974. The highest BCUT2D eigenvalue weighted by atomic mass is 16.6. The summed E-state index contributed by atoms with van der Waals surface area (Å²) in [5.41, 5.74) is 1.68. The third kappa shape index (κ3) is 2.32. The molecule has 6 heteroatoms. The molecule has 0 saturated carbocycles. The van der Waals surface area contributed by atoms with Crippen molar-refractivity contribution in [3.63, 3.8) is 0 Å². The summed E-state index contributed by atoms with van der Waals surface area (Å²) >= 11 is 0. The molecule has 2 aromatic carbocycles. The molecule has 122 valence electrons. The molecule has 0 N–H and O–H groups in total. The van der Waals surface area contributed by atoms with E-state index in [9.17, 15) is 9.59 Å². The fourth-order valence-electron chi connectivity index (χ4n) is 2.79. The number of hydrogen-bond acceptors (Lipinski definition) is 6. The van der Waals surface area contributed by atoms with E-state index in [2.05, 4.69) is 9.99 Å². The molecule has 2 aromatic rings. The van der Waals surface area contributed by atoms with Crippen molar-refractivity contribution in [2.75, 3.05) is 21.3 Å². The lowest BCUT2D eigenvalue weighted by atomic mass is 9.82. The van der Waals surface area contributed by atoms with Crippen LogP contribution in [0.2, 0.25) is 0 Å². The van der Waals surface area contributed by atoms with Gasteiger partial charge in [0.1, 0.15) is 18.6 Å². The van der Waals surface area contributed by atoms with Crippen molar-refractivity contribution in [2.45, 2.75) is 0 Å². The van der Waals surface area contributed by atoms with Gasteiger partial charge in [0.25, 0.3) is 0 Å². The Morgan fingerprint density at radius 1 is 0.875 bits per heavy atom. The number of methoxy groups -OCH3 is 2. The third-order valence-corrected chi connectivity index (χ3v) is 3.84. The minimum Gasteiger partial charge on any atom is -0.496 e. The van der Waals surface area contributed by atoms with Crippen molar-refractivity contribution in [3.05, 3.63) is 58.1 Å². The SMILES string of the molecule is CO/N=C/c1cc(OC)c2c(c1)C(=O)c1cccc(OC)c1C2=O. The number of carbonyl (C=O) groups is 2. The molecule has 1 aliphatic carbocycles. The van der Waals surface area contributed by atoms with Crippen molar-refractivity contribution < 1.29 is 23.9 Å². The Bertz CT molecular complexity index is 870. The van der Waals surface area contributed by atoms with Crippen LogP contribution in [0.5, 0.6) is 11.5 Å². The van der Waals surface area contributed by atoms with E-state index in [1.807, 2.05) is 0 Å². The average molecular weight is 325 g/mol. The number of fused-ring (bicyclic) bond motifs is 2. The van der Waals surface area contributed by atoms with Crippen LogP contribution in [0.25, 0.3) is 0 Å². The van der Waals surface area contributed by atoms with Crippen LogP contribution in [0.3, 0.4) is 0 Å². The van der Waals surface area contributed by atoms with Gasteiger partial charge in [0.2, 0.25) is 5.78 Å². The zero-order valence-corrected chi connectivity index (χ0v) is 13.5. The second-order valence-corrected chi connectivity index (χ2v) is 5.10. The van der Waals surface area contributed by atoms with Gasteiger partial charge < -0.3 is 14.3 Å². The summed E-state index contributed by atoms with van der Waals surface area (Å²) in [6.45, 7) is 0. The molecule has 3 rings (SSSR count). The maximum absolute atomic E-state index is 13.0. The molecule has 0 heterocycles. The predicted octanol–water partition coefficient (Wildman–Crippen LogP) is 2.46. The average Bonchev–Trinajstić information content (AvgIpc) is 2.62. The smallest absolute Gasteiger partial charge is 0.201 e. The molecule has 6 nitrogen and oxygen atoms in total. The van der Waals surface area contributed by atoms with Crippen LogP contribution in [0.15, 0.2) is 35.5 Å². The number of nitrogens with zero attached hydrogens (tertiary/aromatic N) is 1. The fraction of sp³-hybridized carbons (Fsp3) is 0.167. The summed E-state index contributed by atoms with van der Waals surface area (Å²) in [6, 6.07) is 8.18. The molecule has 0 unspecified atom stereocenters. The van der Waals surface area contributed by atoms with Gasteiger partial charge in [0.15, 0.2) is 5.78 Å². The van der Waals surface area contributed by atoms with Crippen LogP contribution in [-0.4, -0.2) is 39.1 Å². The molecule has 24 heavy (non-hydrogen) atoms.